The Labute approximate surface area is 127 Å². The third-order valence-electron chi connectivity index (χ3n) is 4.55. The van der Waals surface area contributed by atoms with Crippen LogP contribution in [0.1, 0.15) is 104 Å². The Balaban J connectivity index is 1.75. The molecule has 0 bridgehead atoms. The molecule has 1 aliphatic heterocycles. The van der Waals surface area contributed by atoms with Crippen molar-refractivity contribution in [2.75, 3.05) is 0 Å². The molecule has 1 heterocycles. The van der Waals surface area contributed by atoms with Crippen molar-refractivity contribution in [3.63, 3.8) is 0 Å². The van der Waals surface area contributed by atoms with Crippen LogP contribution in [0.4, 0.5) is 0 Å². The van der Waals surface area contributed by atoms with Crippen LogP contribution in [-0.2, 0) is 4.74 Å². The molecule has 0 aliphatic carbocycles. The van der Waals surface area contributed by atoms with Gasteiger partial charge in [0.2, 0.25) is 0 Å². The van der Waals surface area contributed by atoms with Gasteiger partial charge in [0.1, 0.15) is 0 Å². The molecule has 20 heavy (non-hydrogen) atoms. The molecule has 1 rings (SSSR count). The van der Waals surface area contributed by atoms with E-state index in [1.165, 1.54) is 83.5 Å². The lowest BCUT2D eigenvalue weighted by molar-refractivity contribution is 0.345. The van der Waals surface area contributed by atoms with Crippen molar-refractivity contribution in [2.24, 2.45) is 5.92 Å². The van der Waals surface area contributed by atoms with Gasteiger partial charge < -0.3 is 4.74 Å². The van der Waals surface area contributed by atoms with Crippen LogP contribution in [0, 0.1) is 5.92 Å². The van der Waals surface area contributed by atoms with E-state index in [0.29, 0.717) is 12.2 Å². The smallest absolute Gasteiger partial charge is 0.0841 e. The summed E-state index contributed by atoms with van der Waals surface area (Å²) in [6.45, 7) is 6.91. The van der Waals surface area contributed by atoms with E-state index in [4.69, 9.17) is 4.74 Å². The molecule has 1 nitrogen and oxygen atoms in total. The molecule has 1 heteroatoms. The van der Waals surface area contributed by atoms with E-state index in [1.54, 1.807) is 0 Å². The summed E-state index contributed by atoms with van der Waals surface area (Å²) in [7, 11) is 0. The first-order valence-electron chi connectivity index (χ1n) is 9.39. The van der Waals surface area contributed by atoms with Crippen LogP contribution in [0.3, 0.4) is 0 Å². The standard InChI is InChI=1S/C19H38O/c1-4-5-6-7-8-9-10-11-12-15-18-19(20-18)16-13-14-17(2)3/h17-19H,4-16H2,1-3H3. The number of ether oxygens (including phenoxy) is 1. The number of hydrogen-bond acceptors (Lipinski definition) is 1. The van der Waals surface area contributed by atoms with Crippen molar-refractivity contribution >= 4 is 0 Å². The average Bonchev–Trinajstić information content (AvgIpc) is 3.15. The van der Waals surface area contributed by atoms with Crippen LogP contribution < -0.4 is 0 Å². The molecule has 0 aromatic heterocycles. The van der Waals surface area contributed by atoms with Gasteiger partial charge >= 0.3 is 0 Å². The van der Waals surface area contributed by atoms with Gasteiger partial charge in [-0.05, 0) is 18.8 Å². The molecular weight excluding hydrogens is 244 g/mol. The van der Waals surface area contributed by atoms with E-state index < -0.39 is 0 Å². The number of hydrogen-bond donors (Lipinski definition) is 0. The zero-order chi connectivity index (χ0) is 14.6. The summed E-state index contributed by atoms with van der Waals surface area (Å²) in [5.41, 5.74) is 0. The highest BCUT2D eigenvalue weighted by molar-refractivity contribution is 4.84. The maximum Gasteiger partial charge on any atom is 0.0841 e. The normalized spacial score (nSPS) is 21.6. The molecule has 2 unspecified atom stereocenters. The van der Waals surface area contributed by atoms with Crippen LogP contribution in [0.5, 0.6) is 0 Å². The Hall–Kier alpha value is -0.0400. The van der Waals surface area contributed by atoms with Crippen molar-refractivity contribution in [2.45, 2.75) is 116 Å². The zero-order valence-corrected chi connectivity index (χ0v) is 14.3. The molecule has 2 atom stereocenters. The van der Waals surface area contributed by atoms with Crippen LogP contribution in [0.2, 0.25) is 0 Å². The molecular formula is C19H38O. The quantitative estimate of drug-likeness (QED) is 0.261. The monoisotopic (exact) mass is 282 g/mol. The third-order valence-corrected chi connectivity index (χ3v) is 4.55. The summed E-state index contributed by atoms with van der Waals surface area (Å²) >= 11 is 0. The van der Waals surface area contributed by atoms with Gasteiger partial charge in [0.25, 0.3) is 0 Å². The second-order valence-electron chi connectivity index (χ2n) is 7.15. The van der Waals surface area contributed by atoms with Gasteiger partial charge in [-0.1, -0.05) is 91.4 Å². The minimum atomic E-state index is 0.628. The summed E-state index contributed by atoms with van der Waals surface area (Å²) in [5.74, 6) is 0.851. The van der Waals surface area contributed by atoms with Crippen LogP contribution in [0.15, 0.2) is 0 Å². The summed E-state index contributed by atoms with van der Waals surface area (Å²) in [4.78, 5) is 0. The fourth-order valence-corrected chi connectivity index (χ4v) is 3.07. The van der Waals surface area contributed by atoms with Gasteiger partial charge in [-0.25, -0.2) is 0 Å². The lowest BCUT2D eigenvalue weighted by Gasteiger charge is -2.02. The average molecular weight is 283 g/mol. The van der Waals surface area contributed by atoms with E-state index in [-0.39, 0.29) is 0 Å². The second-order valence-corrected chi connectivity index (χ2v) is 7.15. The Morgan fingerprint density at radius 1 is 0.700 bits per heavy atom. The minimum absolute atomic E-state index is 0.628. The molecule has 1 aliphatic rings. The van der Waals surface area contributed by atoms with Gasteiger partial charge in [-0.2, -0.15) is 0 Å². The lowest BCUT2D eigenvalue weighted by atomic mass is 10.0. The Bertz CT molecular complexity index is 212. The molecule has 0 aromatic carbocycles. The largest absolute Gasteiger partial charge is 0.370 e. The fraction of sp³-hybridized carbons (Fsp3) is 1.00. The van der Waals surface area contributed by atoms with Gasteiger partial charge in [0, 0.05) is 0 Å². The highest BCUT2D eigenvalue weighted by atomic mass is 16.6. The van der Waals surface area contributed by atoms with Crippen LogP contribution >= 0.6 is 0 Å². The summed E-state index contributed by atoms with van der Waals surface area (Å²) in [5, 5.41) is 0. The first-order valence-corrected chi connectivity index (χ1v) is 9.39. The lowest BCUT2D eigenvalue weighted by Crippen LogP contribution is -1.96. The van der Waals surface area contributed by atoms with E-state index >= 15 is 0 Å². The molecule has 0 spiro atoms. The molecule has 1 saturated heterocycles. The first kappa shape index (κ1) is 18.0. The molecule has 0 radical (unpaired) electrons. The van der Waals surface area contributed by atoms with Crippen LogP contribution in [-0.4, -0.2) is 12.2 Å². The highest BCUT2D eigenvalue weighted by Crippen LogP contribution is 2.32. The predicted molar refractivity (Wildman–Crippen MR) is 89.2 cm³/mol. The summed E-state index contributed by atoms with van der Waals surface area (Å²) in [6, 6.07) is 0. The van der Waals surface area contributed by atoms with Gasteiger partial charge in [0.05, 0.1) is 12.2 Å². The Kier molecular flexibility index (Phi) is 10.4. The SMILES string of the molecule is CCCCCCCCCCCC1OC1CCCC(C)C. The molecule has 0 saturated carbocycles. The topological polar surface area (TPSA) is 12.5 Å². The van der Waals surface area contributed by atoms with Gasteiger partial charge in [0.15, 0.2) is 0 Å². The van der Waals surface area contributed by atoms with Gasteiger partial charge in [-0.3, -0.25) is 0 Å². The third kappa shape index (κ3) is 9.80. The predicted octanol–water partition coefficient (Wildman–Crippen LogP) is 6.50. The summed E-state index contributed by atoms with van der Waals surface area (Å²) < 4.78 is 5.77. The van der Waals surface area contributed by atoms with E-state index in [2.05, 4.69) is 20.8 Å². The molecule has 0 amide bonds. The number of epoxide rings is 1. The minimum Gasteiger partial charge on any atom is -0.370 e. The number of rotatable bonds is 14. The highest BCUT2D eigenvalue weighted by Gasteiger charge is 2.36. The number of unbranched alkanes of at least 4 members (excludes halogenated alkanes) is 8. The zero-order valence-electron chi connectivity index (χ0n) is 14.3. The maximum atomic E-state index is 5.77. The fourth-order valence-electron chi connectivity index (χ4n) is 3.07. The van der Waals surface area contributed by atoms with E-state index in [9.17, 15) is 0 Å². The van der Waals surface area contributed by atoms with Crippen LogP contribution in [0.25, 0.3) is 0 Å². The van der Waals surface area contributed by atoms with Crippen molar-refractivity contribution in [3.8, 4) is 0 Å². The molecule has 0 N–H and O–H groups in total. The van der Waals surface area contributed by atoms with E-state index in [0.717, 1.165) is 5.92 Å². The molecule has 0 aromatic rings. The molecule has 1 fully saturated rings. The first-order chi connectivity index (χ1) is 9.74. The maximum absolute atomic E-state index is 5.77. The Morgan fingerprint density at radius 3 is 1.75 bits per heavy atom. The second kappa shape index (κ2) is 11.6. The van der Waals surface area contributed by atoms with Crippen molar-refractivity contribution in [1.29, 1.82) is 0 Å². The van der Waals surface area contributed by atoms with Crippen molar-refractivity contribution in [1.82, 2.24) is 0 Å². The van der Waals surface area contributed by atoms with Crippen molar-refractivity contribution in [3.05, 3.63) is 0 Å². The Morgan fingerprint density at radius 2 is 1.20 bits per heavy atom. The van der Waals surface area contributed by atoms with Gasteiger partial charge in [-0.15, -0.1) is 0 Å². The van der Waals surface area contributed by atoms with E-state index in [1.807, 2.05) is 0 Å². The molecule has 120 valence electrons. The van der Waals surface area contributed by atoms with Crippen molar-refractivity contribution < 1.29 is 4.74 Å². The summed E-state index contributed by atoms with van der Waals surface area (Å²) in [6.07, 6.45) is 19.5.